The molecule has 6 heterocycles. The lowest BCUT2D eigenvalue weighted by molar-refractivity contribution is -0.138. The van der Waals surface area contributed by atoms with Gasteiger partial charge in [0.15, 0.2) is 16.9 Å². The van der Waals surface area contributed by atoms with Crippen molar-refractivity contribution >= 4 is 33.1 Å². The molecule has 0 aliphatic rings. The largest absolute Gasteiger partial charge is 0.416 e. The number of aromatic nitrogens is 12. The fraction of sp³-hybridized carbons (Fsp3) is 0.353. The van der Waals surface area contributed by atoms with E-state index in [9.17, 15) is 69.2 Å². The summed E-state index contributed by atoms with van der Waals surface area (Å²) in [6.45, 7) is 4.85. The van der Waals surface area contributed by atoms with Gasteiger partial charge >= 0.3 is 18.5 Å². The second-order valence-corrected chi connectivity index (χ2v) is 18.9. The molecular formula is C51H47F9N12O6. The van der Waals surface area contributed by atoms with Crippen molar-refractivity contribution in [3.8, 4) is 0 Å². The number of H-pyrrole nitrogens is 3. The molecule has 0 radical (unpaired) electrons. The number of benzene rings is 3. The van der Waals surface area contributed by atoms with Crippen molar-refractivity contribution < 1.29 is 54.8 Å². The molecule has 18 nitrogen and oxygen atoms in total. The van der Waals surface area contributed by atoms with Gasteiger partial charge in [0.05, 0.1) is 54.6 Å². The van der Waals surface area contributed by atoms with E-state index in [1.165, 1.54) is 72.1 Å². The van der Waals surface area contributed by atoms with Gasteiger partial charge in [0.2, 0.25) is 0 Å². The third-order valence-electron chi connectivity index (χ3n) is 13.8. The van der Waals surface area contributed by atoms with E-state index >= 15 is 0 Å². The van der Waals surface area contributed by atoms with E-state index in [1.807, 2.05) is 0 Å². The van der Waals surface area contributed by atoms with Crippen molar-refractivity contribution in [1.82, 2.24) is 59.2 Å². The van der Waals surface area contributed by atoms with Gasteiger partial charge in [-0.1, -0.05) is 30.3 Å². The molecule has 0 bridgehead atoms. The van der Waals surface area contributed by atoms with Gasteiger partial charge in [-0.05, 0) is 105 Å². The number of rotatable bonds is 15. The first-order chi connectivity index (χ1) is 36.7. The highest BCUT2D eigenvalue weighted by molar-refractivity contribution is 5.79. The molecule has 0 spiro atoms. The van der Waals surface area contributed by atoms with E-state index in [4.69, 9.17) is 4.98 Å². The lowest BCUT2D eigenvalue weighted by atomic mass is 9.96. The minimum absolute atomic E-state index is 0.000161. The summed E-state index contributed by atoms with van der Waals surface area (Å²) in [4.78, 5) is 62.9. The van der Waals surface area contributed by atoms with Crippen LogP contribution in [0.4, 0.5) is 39.5 Å². The van der Waals surface area contributed by atoms with Gasteiger partial charge < -0.3 is 30.3 Å². The number of alkyl halides is 9. The van der Waals surface area contributed by atoms with Crippen molar-refractivity contribution in [2.45, 2.75) is 117 Å². The first-order valence-electron chi connectivity index (χ1n) is 24.1. The van der Waals surface area contributed by atoms with Crippen LogP contribution >= 0.6 is 0 Å². The van der Waals surface area contributed by atoms with Gasteiger partial charge in [-0.25, -0.2) is 29.0 Å². The van der Waals surface area contributed by atoms with Crippen LogP contribution in [-0.2, 0) is 51.2 Å². The molecule has 3 unspecified atom stereocenters. The second-order valence-electron chi connectivity index (χ2n) is 18.9. The van der Waals surface area contributed by atoms with Crippen molar-refractivity contribution in [2.24, 2.45) is 0 Å². The highest BCUT2D eigenvalue weighted by atomic mass is 19.4. The van der Waals surface area contributed by atoms with E-state index in [-0.39, 0.29) is 121 Å². The van der Waals surface area contributed by atoms with Crippen molar-refractivity contribution in [1.29, 1.82) is 0 Å². The van der Waals surface area contributed by atoms with Gasteiger partial charge in [0, 0.05) is 12.8 Å². The number of fused-ring (bicyclic) bond motifs is 3. The molecule has 0 fully saturated rings. The lowest BCUT2D eigenvalue weighted by Gasteiger charge is -2.22. The maximum absolute atomic E-state index is 14.2. The van der Waals surface area contributed by atoms with Crippen LogP contribution in [0.5, 0.6) is 0 Å². The van der Waals surface area contributed by atoms with E-state index in [1.54, 1.807) is 6.92 Å². The monoisotopic (exact) mass is 1090 g/mol. The molecule has 9 aromatic rings. The summed E-state index contributed by atoms with van der Waals surface area (Å²) in [6.07, 6.45) is -14.7. The van der Waals surface area contributed by atoms with Crippen LogP contribution in [0.3, 0.4) is 0 Å². The highest BCUT2D eigenvalue weighted by Gasteiger charge is 2.36. The quantitative estimate of drug-likeness (QED) is 0.0538. The number of hydrogen-bond acceptors (Lipinski definition) is 12. The van der Waals surface area contributed by atoms with E-state index in [0.29, 0.717) is 5.56 Å². The van der Waals surface area contributed by atoms with Crippen LogP contribution in [0.15, 0.2) is 69.0 Å². The fourth-order valence-corrected chi connectivity index (χ4v) is 10.1. The molecular weight excluding hydrogens is 1050 g/mol. The number of halogens is 9. The van der Waals surface area contributed by atoms with Crippen molar-refractivity contribution in [3.05, 3.63) is 170 Å². The molecule has 3 atom stereocenters. The first-order valence-corrected chi connectivity index (χ1v) is 24.1. The first kappa shape index (κ1) is 54.7. The number of aliphatic hydroxyl groups excluding tert-OH is 3. The van der Waals surface area contributed by atoms with Crippen LogP contribution in [0.2, 0.25) is 0 Å². The topological polar surface area (TPSA) is 251 Å². The molecule has 0 aliphatic carbocycles. The summed E-state index contributed by atoms with van der Waals surface area (Å²) >= 11 is 0. The third-order valence-corrected chi connectivity index (χ3v) is 13.8. The zero-order valence-electron chi connectivity index (χ0n) is 41.9. The summed E-state index contributed by atoms with van der Waals surface area (Å²) in [7, 11) is 0. The Morgan fingerprint density at radius 2 is 0.923 bits per heavy atom. The summed E-state index contributed by atoms with van der Waals surface area (Å²) < 4.78 is 129. The normalized spacial score (nSPS) is 13.8. The summed E-state index contributed by atoms with van der Waals surface area (Å²) in [6, 6.07) is 6.88. The molecule has 0 saturated heterocycles. The zero-order valence-corrected chi connectivity index (χ0v) is 41.9. The molecule has 0 saturated carbocycles. The summed E-state index contributed by atoms with van der Waals surface area (Å²) in [5.41, 5.74) is -4.68. The Hall–Kier alpha value is -8.04. The Balaban J connectivity index is 1.14. The van der Waals surface area contributed by atoms with Gasteiger partial charge in [0.1, 0.15) is 50.7 Å². The van der Waals surface area contributed by atoms with Gasteiger partial charge in [-0.2, -0.15) is 54.8 Å². The number of nitrogens with one attached hydrogen (secondary N) is 3. The number of aromatic amines is 3. The molecule has 0 amide bonds. The fourth-order valence-electron chi connectivity index (χ4n) is 10.1. The van der Waals surface area contributed by atoms with Crippen LogP contribution in [0.25, 0.3) is 33.1 Å². The van der Waals surface area contributed by atoms with Crippen LogP contribution in [0.1, 0.15) is 123 Å². The number of aryl methyl sites for hydroxylation is 6. The van der Waals surface area contributed by atoms with E-state index in [0.717, 1.165) is 24.3 Å². The average molecular weight is 1090 g/mol. The van der Waals surface area contributed by atoms with Gasteiger partial charge in [-0.3, -0.25) is 14.4 Å². The predicted molar refractivity (Wildman–Crippen MR) is 262 cm³/mol. The molecule has 6 N–H and O–H groups in total. The van der Waals surface area contributed by atoms with E-state index < -0.39 is 89.8 Å². The molecule has 27 heteroatoms. The van der Waals surface area contributed by atoms with Gasteiger partial charge in [0.25, 0.3) is 16.7 Å². The Kier molecular flexibility index (Phi) is 14.3. The smallest absolute Gasteiger partial charge is 0.390 e. The standard InChI is InChI=1S/C51H47F9N12O6/c1-22-18-29(49(52,53)54)8-9-30(22)25(4)70-44-41(33(19-73)67-70)47(77)65-38(63-44)14-13-37(28-7-11-32(24(3)17-28)51(58,59)60)72-45-42(35(21-75)69-72)48(78)66-39(64-45)15-12-36(27-6-10-31(23(2)16-27)50(55,56)57)71-43-40(34(20-74)68-71)46(76)62-26(5)61-43/h6-11,16-18,25,36-37,73-75H,12-15,19-21H2,1-5H3,(H,61,62,76)(H,63,65,77)(H,64,66,78). The lowest BCUT2D eigenvalue weighted by Crippen LogP contribution is -2.20. The van der Waals surface area contributed by atoms with Crippen LogP contribution in [-0.4, -0.2) is 74.6 Å². The Morgan fingerprint density at radius 3 is 1.32 bits per heavy atom. The highest BCUT2D eigenvalue weighted by Crippen LogP contribution is 2.38. The van der Waals surface area contributed by atoms with Crippen molar-refractivity contribution in [2.75, 3.05) is 0 Å². The SMILES string of the molecule is Cc1nc2c(c(CO)nn2C(CCc2nc3c(c(CO)nn3C(CCc3nc4c(c(CO)nn4C(C)c4ccc(C(F)(F)F)cc4C)c(=O)[nH]3)c3ccc(C(F)(F)F)c(C)c3)c(=O)[nH]2)c2ccc(C(F)(F)F)c(C)c2)c(=O)[nH]1. The minimum Gasteiger partial charge on any atom is -0.390 e. The van der Waals surface area contributed by atoms with Gasteiger partial charge in [-0.15, -0.1) is 0 Å². The second kappa shape index (κ2) is 20.4. The summed E-state index contributed by atoms with van der Waals surface area (Å²) in [5.74, 6) is 0.131. The molecule has 78 heavy (non-hydrogen) atoms. The Morgan fingerprint density at radius 1 is 0.513 bits per heavy atom. The Bertz CT molecular complexity index is 3980. The number of aliphatic hydroxyl groups is 3. The molecule has 9 rings (SSSR count). The number of hydrogen-bond donors (Lipinski definition) is 6. The van der Waals surface area contributed by atoms with Crippen LogP contribution < -0.4 is 16.7 Å². The minimum atomic E-state index is -4.75. The zero-order chi connectivity index (χ0) is 56.5. The predicted octanol–water partition coefficient (Wildman–Crippen LogP) is 7.81. The van der Waals surface area contributed by atoms with Crippen LogP contribution in [0, 0.1) is 27.7 Å². The van der Waals surface area contributed by atoms with E-state index in [2.05, 4.69) is 40.2 Å². The molecule has 6 aromatic heterocycles. The summed E-state index contributed by atoms with van der Waals surface area (Å²) in [5, 5.41) is 44.1. The average Bonchev–Trinajstić information content (AvgIpc) is 4.22. The Labute approximate surface area is 433 Å². The molecule has 0 aliphatic heterocycles. The van der Waals surface area contributed by atoms with Crippen molar-refractivity contribution in [3.63, 3.8) is 0 Å². The molecule has 3 aromatic carbocycles. The maximum atomic E-state index is 14.2. The third kappa shape index (κ3) is 10.2. The molecule has 410 valence electrons. The maximum Gasteiger partial charge on any atom is 0.416 e. The number of nitrogens with zero attached hydrogens (tertiary/aromatic N) is 9.